The van der Waals surface area contributed by atoms with Crippen molar-refractivity contribution in [2.45, 2.75) is 0 Å². The summed E-state index contributed by atoms with van der Waals surface area (Å²) in [5, 5.41) is 1.99. The molecule has 0 bridgehead atoms. The average molecular weight is 191 g/mol. The fourth-order valence-electron chi connectivity index (χ4n) is 1.10. The van der Waals surface area contributed by atoms with E-state index in [1.807, 2.05) is 17.5 Å². The van der Waals surface area contributed by atoms with Crippen molar-refractivity contribution in [1.82, 2.24) is 4.98 Å². The summed E-state index contributed by atoms with van der Waals surface area (Å²) in [6.07, 6.45) is 1.67. The zero-order valence-electron chi connectivity index (χ0n) is 6.90. The molecule has 2 rings (SSSR count). The van der Waals surface area contributed by atoms with Crippen LogP contribution in [0, 0.1) is 0 Å². The van der Waals surface area contributed by atoms with E-state index in [4.69, 9.17) is 11.5 Å². The van der Waals surface area contributed by atoms with E-state index in [1.165, 1.54) is 0 Å². The Morgan fingerprint density at radius 2 is 2.08 bits per heavy atom. The third kappa shape index (κ3) is 1.36. The molecular weight excluding hydrogens is 182 g/mol. The summed E-state index contributed by atoms with van der Waals surface area (Å²) < 4.78 is 0. The molecule has 13 heavy (non-hydrogen) atoms. The molecule has 0 aliphatic carbocycles. The van der Waals surface area contributed by atoms with Crippen LogP contribution in [0.25, 0.3) is 10.6 Å². The van der Waals surface area contributed by atoms with Gasteiger partial charge in [0.25, 0.3) is 0 Å². The Balaban J connectivity index is 2.59. The molecule has 0 amide bonds. The fraction of sp³-hybridized carbons (Fsp3) is 0. The molecule has 2 aromatic rings. The normalized spacial score (nSPS) is 10.2. The third-order valence-corrected chi connectivity index (χ3v) is 2.66. The molecule has 4 heteroatoms. The van der Waals surface area contributed by atoms with E-state index in [0.717, 1.165) is 10.6 Å². The van der Waals surface area contributed by atoms with Gasteiger partial charge in [0, 0.05) is 6.20 Å². The second-order valence-corrected chi connectivity index (χ2v) is 3.59. The highest BCUT2D eigenvalue weighted by atomic mass is 32.1. The van der Waals surface area contributed by atoms with E-state index in [-0.39, 0.29) is 0 Å². The van der Waals surface area contributed by atoms with Crippen molar-refractivity contribution >= 4 is 22.7 Å². The van der Waals surface area contributed by atoms with Gasteiger partial charge in [-0.1, -0.05) is 6.07 Å². The van der Waals surface area contributed by atoms with E-state index in [0.29, 0.717) is 11.4 Å². The third-order valence-electron chi connectivity index (χ3n) is 1.78. The van der Waals surface area contributed by atoms with Gasteiger partial charge < -0.3 is 11.5 Å². The number of nitrogens with zero attached hydrogens (tertiary/aromatic N) is 1. The summed E-state index contributed by atoms with van der Waals surface area (Å²) in [6.45, 7) is 0. The highest BCUT2D eigenvalue weighted by Gasteiger charge is 2.06. The highest BCUT2D eigenvalue weighted by Crippen LogP contribution is 2.30. The van der Waals surface area contributed by atoms with E-state index in [1.54, 1.807) is 23.6 Å². The van der Waals surface area contributed by atoms with Gasteiger partial charge in [-0.15, -0.1) is 11.3 Å². The summed E-state index contributed by atoms with van der Waals surface area (Å²) in [7, 11) is 0. The molecule has 0 spiro atoms. The van der Waals surface area contributed by atoms with Crippen LogP contribution in [0.5, 0.6) is 0 Å². The summed E-state index contributed by atoms with van der Waals surface area (Å²) in [5.74, 6) is 0. The van der Waals surface area contributed by atoms with Crippen molar-refractivity contribution in [2.24, 2.45) is 0 Å². The molecule has 4 N–H and O–H groups in total. The molecule has 0 fully saturated rings. The number of thiophene rings is 1. The Labute approximate surface area is 80.0 Å². The van der Waals surface area contributed by atoms with Crippen molar-refractivity contribution in [2.75, 3.05) is 11.5 Å². The van der Waals surface area contributed by atoms with Gasteiger partial charge in [-0.2, -0.15) is 0 Å². The summed E-state index contributed by atoms with van der Waals surface area (Å²) >= 11 is 1.60. The standard InChI is InChI=1S/C9H9N3S/c10-6-3-4-12-9(8(6)11)7-2-1-5-13-7/h1-5H,11H2,(H2,10,12). The molecule has 2 heterocycles. The lowest BCUT2D eigenvalue weighted by Crippen LogP contribution is -1.97. The Hall–Kier alpha value is -1.55. The van der Waals surface area contributed by atoms with E-state index >= 15 is 0 Å². The predicted molar refractivity (Wildman–Crippen MR) is 56.4 cm³/mol. The molecule has 0 aliphatic rings. The van der Waals surface area contributed by atoms with Crippen LogP contribution in [-0.2, 0) is 0 Å². The van der Waals surface area contributed by atoms with Crippen molar-refractivity contribution in [3.63, 3.8) is 0 Å². The molecule has 0 saturated heterocycles. The minimum absolute atomic E-state index is 0.560. The molecular formula is C9H9N3S. The van der Waals surface area contributed by atoms with Gasteiger partial charge in [0.05, 0.1) is 16.3 Å². The van der Waals surface area contributed by atoms with Crippen molar-refractivity contribution < 1.29 is 0 Å². The van der Waals surface area contributed by atoms with Crippen LogP contribution >= 0.6 is 11.3 Å². The Morgan fingerprint density at radius 3 is 2.77 bits per heavy atom. The van der Waals surface area contributed by atoms with E-state index in [9.17, 15) is 0 Å². The van der Waals surface area contributed by atoms with Crippen molar-refractivity contribution in [3.05, 3.63) is 29.8 Å². The summed E-state index contributed by atoms with van der Waals surface area (Å²) in [6, 6.07) is 5.64. The Morgan fingerprint density at radius 1 is 1.23 bits per heavy atom. The number of aromatic nitrogens is 1. The van der Waals surface area contributed by atoms with Crippen LogP contribution in [0.4, 0.5) is 11.4 Å². The molecule has 0 aliphatic heterocycles. The number of pyridine rings is 1. The summed E-state index contributed by atoms with van der Waals surface area (Å²) in [4.78, 5) is 5.23. The number of hydrogen-bond acceptors (Lipinski definition) is 4. The van der Waals surface area contributed by atoms with Crippen LogP contribution in [0.3, 0.4) is 0 Å². The zero-order valence-corrected chi connectivity index (χ0v) is 7.71. The second-order valence-electron chi connectivity index (χ2n) is 2.64. The van der Waals surface area contributed by atoms with Gasteiger partial charge in [0.1, 0.15) is 5.69 Å². The monoisotopic (exact) mass is 191 g/mol. The Bertz CT molecular complexity index is 409. The zero-order chi connectivity index (χ0) is 9.26. The minimum atomic E-state index is 0.560. The highest BCUT2D eigenvalue weighted by molar-refractivity contribution is 7.13. The quantitative estimate of drug-likeness (QED) is 0.724. The van der Waals surface area contributed by atoms with Crippen molar-refractivity contribution in [1.29, 1.82) is 0 Å². The van der Waals surface area contributed by atoms with Crippen LogP contribution in [-0.4, -0.2) is 4.98 Å². The van der Waals surface area contributed by atoms with E-state index in [2.05, 4.69) is 4.98 Å². The lowest BCUT2D eigenvalue weighted by molar-refractivity contribution is 1.34. The molecule has 0 unspecified atom stereocenters. The number of rotatable bonds is 1. The van der Waals surface area contributed by atoms with Crippen LogP contribution in [0.2, 0.25) is 0 Å². The lowest BCUT2D eigenvalue weighted by atomic mass is 10.2. The Kier molecular flexibility index (Phi) is 1.90. The maximum atomic E-state index is 5.79. The molecule has 66 valence electrons. The molecule has 0 atom stereocenters. The van der Waals surface area contributed by atoms with E-state index < -0.39 is 0 Å². The van der Waals surface area contributed by atoms with Gasteiger partial charge in [-0.3, -0.25) is 4.98 Å². The van der Waals surface area contributed by atoms with Crippen LogP contribution in [0.1, 0.15) is 0 Å². The van der Waals surface area contributed by atoms with Crippen LogP contribution < -0.4 is 11.5 Å². The number of nitrogens with two attached hydrogens (primary N) is 2. The number of nitrogen functional groups attached to an aromatic ring is 2. The molecule has 3 nitrogen and oxygen atoms in total. The van der Waals surface area contributed by atoms with Crippen LogP contribution in [0.15, 0.2) is 29.8 Å². The first-order valence-corrected chi connectivity index (χ1v) is 4.71. The topological polar surface area (TPSA) is 64.9 Å². The van der Waals surface area contributed by atoms with Crippen molar-refractivity contribution in [3.8, 4) is 10.6 Å². The molecule has 0 aromatic carbocycles. The first-order chi connectivity index (χ1) is 6.29. The second kappa shape index (κ2) is 3.06. The number of anilines is 2. The first-order valence-electron chi connectivity index (χ1n) is 3.83. The van der Waals surface area contributed by atoms with Gasteiger partial charge in [0.2, 0.25) is 0 Å². The smallest absolute Gasteiger partial charge is 0.105 e. The number of hydrogen-bond donors (Lipinski definition) is 2. The summed E-state index contributed by atoms with van der Waals surface area (Å²) in [5.41, 5.74) is 13.4. The van der Waals surface area contributed by atoms with Gasteiger partial charge in [-0.25, -0.2) is 0 Å². The molecule has 0 saturated carbocycles. The largest absolute Gasteiger partial charge is 0.397 e. The predicted octanol–water partition coefficient (Wildman–Crippen LogP) is 1.97. The minimum Gasteiger partial charge on any atom is -0.397 e. The maximum Gasteiger partial charge on any atom is 0.105 e. The van der Waals surface area contributed by atoms with Gasteiger partial charge in [0.15, 0.2) is 0 Å². The molecule has 0 radical (unpaired) electrons. The first kappa shape index (κ1) is 8.07. The average Bonchev–Trinajstić information content (AvgIpc) is 2.62. The lowest BCUT2D eigenvalue weighted by Gasteiger charge is -2.03. The van der Waals surface area contributed by atoms with Gasteiger partial charge >= 0.3 is 0 Å². The maximum absolute atomic E-state index is 5.79. The van der Waals surface area contributed by atoms with Gasteiger partial charge in [-0.05, 0) is 17.5 Å². The molecule has 2 aromatic heterocycles. The fourth-order valence-corrected chi connectivity index (χ4v) is 1.83. The SMILES string of the molecule is Nc1ccnc(-c2cccs2)c1N.